The number of amides is 1. The fourth-order valence-electron chi connectivity index (χ4n) is 4.89. The molecule has 2 aliphatic heterocycles. The van der Waals surface area contributed by atoms with E-state index in [4.69, 9.17) is 9.47 Å². The summed E-state index contributed by atoms with van der Waals surface area (Å²) >= 11 is 3.45. The Labute approximate surface area is 215 Å². The molecule has 3 aromatic carbocycles. The molecule has 2 heterocycles. The molecule has 0 bridgehead atoms. The monoisotopic (exact) mass is 534 g/mol. The van der Waals surface area contributed by atoms with Crippen LogP contribution >= 0.6 is 15.9 Å². The quantitative estimate of drug-likeness (QED) is 0.396. The molecule has 0 aliphatic carbocycles. The van der Waals surface area contributed by atoms with Crippen molar-refractivity contribution in [3.8, 4) is 11.5 Å². The Morgan fingerprint density at radius 2 is 1.66 bits per heavy atom. The second-order valence-corrected chi connectivity index (χ2v) is 10.5. The van der Waals surface area contributed by atoms with Gasteiger partial charge in [-0.25, -0.2) is 0 Å². The van der Waals surface area contributed by atoms with Gasteiger partial charge in [-0.3, -0.25) is 9.69 Å². The summed E-state index contributed by atoms with van der Waals surface area (Å²) in [6.07, 6.45) is 3.45. The number of nitrogens with zero attached hydrogens (tertiary/aromatic N) is 1. The van der Waals surface area contributed by atoms with Crippen LogP contribution in [-0.4, -0.2) is 30.7 Å². The SMILES string of the molecule is C[C@@H](NC(=O)c1ccc(CC2CCN(Cc3ccc4c(c3)OCO4)CC2)cc1)c1ccc(Br)cc1. The van der Waals surface area contributed by atoms with Crippen LogP contribution in [0.3, 0.4) is 0 Å². The summed E-state index contributed by atoms with van der Waals surface area (Å²) in [5.41, 5.74) is 4.37. The molecule has 3 aromatic rings. The number of halogens is 1. The fourth-order valence-corrected chi connectivity index (χ4v) is 5.15. The Kier molecular flexibility index (Phi) is 7.40. The highest BCUT2D eigenvalue weighted by Crippen LogP contribution is 2.33. The third-order valence-corrected chi connectivity index (χ3v) is 7.54. The summed E-state index contributed by atoms with van der Waals surface area (Å²) in [4.78, 5) is 15.2. The lowest BCUT2D eigenvalue weighted by Crippen LogP contribution is -2.33. The van der Waals surface area contributed by atoms with Crippen molar-refractivity contribution in [1.29, 1.82) is 0 Å². The highest BCUT2D eigenvalue weighted by atomic mass is 79.9. The maximum Gasteiger partial charge on any atom is 0.251 e. The largest absolute Gasteiger partial charge is 0.454 e. The molecular weight excluding hydrogens is 504 g/mol. The lowest BCUT2D eigenvalue weighted by atomic mass is 9.89. The van der Waals surface area contributed by atoms with Crippen LogP contribution < -0.4 is 14.8 Å². The van der Waals surface area contributed by atoms with Gasteiger partial charge in [0.25, 0.3) is 5.91 Å². The molecule has 0 spiro atoms. The van der Waals surface area contributed by atoms with Gasteiger partial charge in [0.2, 0.25) is 6.79 Å². The molecule has 1 N–H and O–H groups in total. The van der Waals surface area contributed by atoms with Gasteiger partial charge in [-0.2, -0.15) is 0 Å². The van der Waals surface area contributed by atoms with Gasteiger partial charge in [0.1, 0.15) is 0 Å². The number of ether oxygens (including phenoxy) is 2. The summed E-state index contributed by atoms with van der Waals surface area (Å²) in [5.74, 6) is 2.34. The van der Waals surface area contributed by atoms with Crippen molar-refractivity contribution in [3.63, 3.8) is 0 Å². The zero-order valence-corrected chi connectivity index (χ0v) is 21.6. The molecule has 182 valence electrons. The fraction of sp³-hybridized carbons (Fsp3) is 0.345. The highest BCUT2D eigenvalue weighted by Gasteiger charge is 2.21. The molecule has 1 atom stereocenters. The maximum atomic E-state index is 12.7. The second kappa shape index (κ2) is 10.8. The third kappa shape index (κ3) is 6.06. The normalized spacial score (nSPS) is 16.7. The number of hydrogen-bond donors (Lipinski definition) is 1. The number of hydrogen-bond acceptors (Lipinski definition) is 4. The van der Waals surface area contributed by atoms with E-state index in [0.29, 0.717) is 18.3 Å². The molecule has 35 heavy (non-hydrogen) atoms. The number of rotatable bonds is 7. The summed E-state index contributed by atoms with van der Waals surface area (Å²) < 4.78 is 12.0. The minimum atomic E-state index is -0.0434. The number of piperidine rings is 1. The third-order valence-electron chi connectivity index (χ3n) is 7.01. The summed E-state index contributed by atoms with van der Waals surface area (Å²) in [6, 6.07) is 22.4. The molecule has 1 saturated heterocycles. The lowest BCUT2D eigenvalue weighted by molar-refractivity contribution is 0.0940. The van der Waals surface area contributed by atoms with Crippen LogP contribution in [0, 0.1) is 5.92 Å². The summed E-state index contributed by atoms with van der Waals surface area (Å²) in [6.45, 7) is 5.49. The van der Waals surface area contributed by atoms with Crippen LogP contribution in [0.25, 0.3) is 0 Å². The lowest BCUT2D eigenvalue weighted by Gasteiger charge is -2.32. The molecule has 0 saturated carbocycles. The minimum Gasteiger partial charge on any atom is -0.454 e. The van der Waals surface area contributed by atoms with Gasteiger partial charge >= 0.3 is 0 Å². The van der Waals surface area contributed by atoms with Crippen LogP contribution in [0.4, 0.5) is 0 Å². The van der Waals surface area contributed by atoms with Crippen molar-refractivity contribution in [2.24, 2.45) is 5.92 Å². The average Bonchev–Trinajstić information content (AvgIpc) is 3.34. The van der Waals surface area contributed by atoms with E-state index in [1.165, 1.54) is 24.0 Å². The number of fused-ring (bicyclic) bond motifs is 1. The number of carbonyl (C=O) groups is 1. The van der Waals surface area contributed by atoms with Gasteiger partial charge in [0.05, 0.1) is 6.04 Å². The van der Waals surface area contributed by atoms with Crippen molar-refractivity contribution in [3.05, 3.63) is 93.5 Å². The Morgan fingerprint density at radius 1 is 0.971 bits per heavy atom. The van der Waals surface area contributed by atoms with Crippen LogP contribution in [0.2, 0.25) is 0 Å². The van der Waals surface area contributed by atoms with Crippen LogP contribution in [0.15, 0.2) is 71.2 Å². The second-order valence-electron chi connectivity index (χ2n) is 9.55. The van der Waals surface area contributed by atoms with E-state index in [1.807, 2.05) is 49.4 Å². The van der Waals surface area contributed by atoms with E-state index < -0.39 is 0 Å². The van der Waals surface area contributed by atoms with E-state index in [9.17, 15) is 4.79 Å². The smallest absolute Gasteiger partial charge is 0.251 e. The van der Waals surface area contributed by atoms with E-state index in [2.05, 4.69) is 50.4 Å². The number of carbonyl (C=O) groups excluding carboxylic acids is 1. The van der Waals surface area contributed by atoms with Gasteiger partial charge in [0.15, 0.2) is 11.5 Å². The van der Waals surface area contributed by atoms with Gasteiger partial charge in [0, 0.05) is 16.6 Å². The topological polar surface area (TPSA) is 50.8 Å². The van der Waals surface area contributed by atoms with Gasteiger partial charge < -0.3 is 14.8 Å². The summed E-state index contributed by atoms with van der Waals surface area (Å²) in [5, 5.41) is 3.10. The van der Waals surface area contributed by atoms with Crippen LogP contribution in [0.5, 0.6) is 11.5 Å². The number of benzene rings is 3. The zero-order valence-electron chi connectivity index (χ0n) is 20.0. The molecule has 5 nitrogen and oxygen atoms in total. The standard InChI is InChI=1S/C29H31BrN2O3/c1-20(24-7-9-26(30)10-8-24)31-29(33)25-5-2-21(3-6-25)16-22-12-14-32(15-13-22)18-23-4-11-27-28(17-23)35-19-34-27/h2-11,17,20,22H,12-16,18-19H2,1H3,(H,31,33)/t20-/m1/s1. The van der Waals surface area contributed by atoms with Crippen molar-refractivity contribution >= 4 is 21.8 Å². The molecule has 2 aliphatic rings. The molecule has 0 aromatic heterocycles. The van der Waals surface area contributed by atoms with Gasteiger partial charge in [-0.05, 0) is 98.3 Å². The molecular formula is C29H31BrN2O3. The van der Waals surface area contributed by atoms with Crippen LogP contribution in [0.1, 0.15) is 52.9 Å². The van der Waals surface area contributed by atoms with Crippen molar-refractivity contribution in [1.82, 2.24) is 10.2 Å². The van der Waals surface area contributed by atoms with Crippen molar-refractivity contribution in [2.45, 2.75) is 38.8 Å². The van der Waals surface area contributed by atoms with E-state index in [0.717, 1.165) is 47.6 Å². The maximum absolute atomic E-state index is 12.7. The predicted molar refractivity (Wildman–Crippen MR) is 141 cm³/mol. The van der Waals surface area contributed by atoms with Gasteiger partial charge in [-0.15, -0.1) is 0 Å². The van der Waals surface area contributed by atoms with Crippen molar-refractivity contribution in [2.75, 3.05) is 19.9 Å². The molecule has 1 fully saturated rings. The average molecular weight is 535 g/mol. The van der Waals surface area contributed by atoms with Crippen LogP contribution in [-0.2, 0) is 13.0 Å². The highest BCUT2D eigenvalue weighted by molar-refractivity contribution is 9.10. The van der Waals surface area contributed by atoms with E-state index >= 15 is 0 Å². The Hall–Kier alpha value is -2.83. The molecule has 5 rings (SSSR count). The number of nitrogens with one attached hydrogen (secondary N) is 1. The van der Waals surface area contributed by atoms with Crippen molar-refractivity contribution < 1.29 is 14.3 Å². The van der Waals surface area contributed by atoms with Gasteiger partial charge in [-0.1, -0.05) is 46.3 Å². The van der Waals surface area contributed by atoms with E-state index in [1.54, 1.807) is 0 Å². The first kappa shape index (κ1) is 23.9. The first-order valence-electron chi connectivity index (χ1n) is 12.3. The molecule has 0 radical (unpaired) electrons. The summed E-state index contributed by atoms with van der Waals surface area (Å²) in [7, 11) is 0. The predicted octanol–water partition coefficient (Wildman–Crippen LogP) is 6.12. The molecule has 0 unspecified atom stereocenters. The molecule has 6 heteroatoms. The Balaban J connectivity index is 1.08. The van der Waals surface area contributed by atoms with E-state index in [-0.39, 0.29) is 11.9 Å². The molecule has 1 amide bonds. The minimum absolute atomic E-state index is 0.0382. The zero-order chi connectivity index (χ0) is 24.2. The Bertz CT molecular complexity index is 1160. The number of likely N-dealkylation sites (tertiary alicyclic amines) is 1. The first-order chi connectivity index (χ1) is 17.0. The first-order valence-corrected chi connectivity index (χ1v) is 13.1. The Morgan fingerprint density at radius 3 is 2.40 bits per heavy atom.